The minimum absolute atomic E-state index is 0.0495. The van der Waals surface area contributed by atoms with Crippen molar-refractivity contribution in [1.29, 1.82) is 0 Å². The molecule has 0 atom stereocenters. The van der Waals surface area contributed by atoms with Crippen molar-refractivity contribution < 1.29 is 0 Å². The van der Waals surface area contributed by atoms with Gasteiger partial charge in [-0.15, -0.1) is 0 Å². The molecule has 16 aromatic carbocycles. The van der Waals surface area contributed by atoms with Gasteiger partial charge in [0.2, 0.25) is 0 Å². The molecule has 0 fully saturated rings. The molecule has 4 aliphatic rings. The maximum atomic E-state index is 2.66. The van der Waals surface area contributed by atoms with Crippen LogP contribution in [0.15, 0.2) is 352 Å². The van der Waals surface area contributed by atoms with Gasteiger partial charge in [-0.25, -0.2) is 0 Å². The van der Waals surface area contributed by atoms with Gasteiger partial charge in [0.25, 0.3) is 6.71 Å². The summed E-state index contributed by atoms with van der Waals surface area (Å²) in [6, 6.07) is 135. The number of fused-ring (bicyclic) bond motifs is 12. The lowest BCUT2D eigenvalue weighted by molar-refractivity contribution is 0.332. The Morgan fingerprint density at radius 3 is 0.975 bits per heavy atom. The zero-order valence-corrected chi connectivity index (χ0v) is 71.2. The number of rotatable bonds is 11. The Hall–Kier alpha value is -13.2. The molecule has 5 heteroatoms. The first-order chi connectivity index (χ1) is 58.6. The van der Waals surface area contributed by atoms with Gasteiger partial charge in [-0.1, -0.05) is 325 Å². The fourth-order valence-corrected chi connectivity index (χ4v) is 21.3. The molecule has 0 N–H and O–H groups in total. The molecule has 0 amide bonds. The minimum Gasteiger partial charge on any atom is -0.311 e. The van der Waals surface area contributed by atoms with E-state index in [1.807, 2.05) is 0 Å². The van der Waals surface area contributed by atoms with Crippen LogP contribution in [0, 0.1) is 0 Å². The normalized spacial score (nSPS) is 15.3. The molecule has 2 aliphatic carbocycles. The largest absolute Gasteiger partial charge is 0.311 e. The maximum absolute atomic E-state index is 2.66. The summed E-state index contributed by atoms with van der Waals surface area (Å²) in [6.45, 7) is 26.3. The molecule has 22 rings (SSSR count). The Morgan fingerprint density at radius 2 is 0.562 bits per heavy atom. The molecule has 4 nitrogen and oxygen atoms in total. The van der Waals surface area contributed by atoms with Crippen molar-refractivity contribution in [2.45, 2.75) is 129 Å². The maximum Gasteiger partial charge on any atom is 0.252 e. The molecule has 4 heterocycles. The molecule has 18 aromatic rings. The van der Waals surface area contributed by atoms with Crippen molar-refractivity contribution in [2.24, 2.45) is 0 Å². The van der Waals surface area contributed by atoms with E-state index in [9.17, 15) is 0 Å². The van der Waals surface area contributed by atoms with E-state index < -0.39 is 0 Å². The summed E-state index contributed by atoms with van der Waals surface area (Å²) in [5, 5.41) is 4.81. The first-order valence-electron chi connectivity index (χ1n) is 43.6. The van der Waals surface area contributed by atoms with Crippen molar-refractivity contribution >= 4 is 101 Å². The second-order valence-corrected chi connectivity index (χ2v) is 38.5. The predicted molar refractivity (Wildman–Crippen MR) is 516 cm³/mol. The lowest BCUT2D eigenvalue weighted by Crippen LogP contribution is -2.61. The topological polar surface area (TPSA) is 16.3 Å². The highest BCUT2D eigenvalue weighted by atomic mass is 15.2. The zero-order valence-electron chi connectivity index (χ0n) is 71.2. The number of anilines is 6. The molecule has 2 aliphatic heterocycles. The van der Waals surface area contributed by atoms with Gasteiger partial charge < -0.3 is 18.9 Å². The van der Waals surface area contributed by atoms with Gasteiger partial charge in [-0.2, -0.15) is 0 Å². The lowest BCUT2D eigenvalue weighted by atomic mass is 9.33. The summed E-state index contributed by atoms with van der Waals surface area (Å²) in [5.41, 5.74) is 41.4. The van der Waals surface area contributed by atoms with Crippen LogP contribution in [0.3, 0.4) is 0 Å². The average Bonchev–Trinajstić information content (AvgIpc) is 1.57. The van der Waals surface area contributed by atoms with Crippen LogP contribution < -0.4 is 26.2 Å². The van der Waals surface area contributed by atoms with Crippen LogP contribution in [-0.2, 0) is 27.1 Å². The third kappa shape index (κ3) is 12.2. The number of hydrogen-bond acceptors (Lipinski definition) is 2. The Balaban J connectivity index is 0.836. The van der Waals surface area contributed by atoms with Crippen LogP contribution in [0.1, 0.15) is 130 Å². The minimum atomic E-state index is -0.239. The van der Waals surface area contributed by atoms with Gasteiger partial charge in [0.15, 0.2) is 0 Å². The van der Waals surface area contributed by atoms with Crippen molar-refractivity contribution in [3.05, 3.63) is 380 Å². The smallest absolute Gasteiger partial charge is 0.252 e. The molecular weight excluding hydrogens is 1460 g/mol. The first-order valence-corrected chi connectivity index (χ1v) is 43.6. The average molecular weight is 1560 g/mol. The SMILES string of the molecule is CC(C)(C)c1ccccc1-c1ccc2c(c1)B1c3ccc(-n4c5ccc(-c6ccccc6)cc5c5cc(-c6ccccc6)ccc54)cc3N(c3ccc(-c4ccc5c(c4)C(C)(C)CCC5(C)C)cc3)c3cc(-n4c5ccc(-c6ccccc6)cc5c5cc(-c6ccccc6)ccc54)cc(c31)N2c1ccc(-c2ccc3c(c2)C(C)(C)CCC3(C)C)cc1. The number of hydrogen-bond donors (Lipinski definition) is 0. The van der Waals surface area contributed by atoms with Crippen molar-refractivity contribution in [3.8, 4) is 89.3 Å². The Kier molecular flexibility index (Phi) is 17.0. The highest BCUT2D eigenvalue weighted by molar-refractivity contribution is 7.00. The molecule has 0 bridgehead atoms. The third-order valence-corrected chi connectivity index (χ3v) is 28.2. The molecule has 0 spiro atoms. The lowest BCUT2D eigenvalue weighted by Gasteiger charge is -2.45. The summed E-state index contributed by atoms with van der Waals surface area (Å²) >= 11 is 0. The highest BCUT2D eigenvalue weighted by Crippen LogP contribution is 2.53. The van der Waals surface area contributed by atoms with E-state index >= 15 is 0 Å². The molecule has 586 valence electrons. The standard InChI is InChI=1S/C116H99BN4/c1-112(2,3)96-35-25-24-34-91(96)86-46-59-107-102(70-86)117-101-54-51-89(120-103-55-42-80(74-26-16-12-17-27-74)64-92(103)93-65-81(43-56-104(93)120)75-28-18-13-19-29-75)71-108(101)119(88-49-38-79(39-50-88)85-41-53-98-100(69-85)116(10,11)63-61-114(98,6)7)110-73-90(72-109(111(110)117)118(107)87-47-36-78(37-48-87)84-40-52-97-99(68-84)115(8,9)62-60-113(97,4)5)121-105-57-44-82(76-30-20-14-21-31-76)66-94(105)95-67-83(45-58-106(95)121)77-32-22-15-23-33-77/h12-59,64-73H,60-63H2,1-11H3. The number of nitrogens with zero attached hydrogens (tertiary/aromatic N) is 4. The summed E-state index contributed by atoms with van der Waals surface area (Å²) in [7, 11) is 0. The zero-order chi connectivity index (χ0) is 82.2. The third-order valence-electron chi connectivity index (χ3n) is 28.2. The van der Waals surface area contributed by atoms with Crippen LogP contribution in [0.4, 0.5) is 34.1 Å². The fraction of sp³-hybridized carbons (Fsp3) is 0.172. The van der Waals surface area contributed by atoms with Gasteiger partial charge in [-0.05, 0) is 278 Å². The molecule has 0 unspecified atom stereocenters. The number of benzene rings is 16. The Bertz CT molecular complexity index is 7020. The fourth-order valence-electron chi connectivity index (χ4n) is 21.3. The Labute approximate surface area is 712 Å². The van der Waals surface area contributed by atoms with Gasteiger partial charge in [0.1, 0.15) is 0 Å². The van der Waals surface area contributed by atoms with Gasteiger partial charge in [0.05, 0.1) is 27.8 Å². The molecule has 0 saturated heterocycles. The van der Waals surface area contributed by atoms with Crippen LogP contribution in [0.5, 0.6) is 0 Å². The van der Waals surface area contributed by atoms with E-state index in [0.717, 1.165) is 80.4 Å². The predicted octanol–water partition coefficient (Wildman–Crippen LogP) is 29.6. The van der Waals surface area contributed by atoms with Crippen molar-refractivity contribution in [3.63, 3.8) is 0 Å². The summed E-state index contributed by atoms with van der Waals surface area (Å²) in [4.78, 5) is 5.30. The molecule has 121 heavy (non-hydrogen) atoms. The molecular formula is C116H99BN4. The van der Waals surface area contributed by atoms with E-state index in [2.05, 4.69) is 447 Å². The second kappa shape index (κ2) is 27.7. The van der Waals surface area contributed by atoms with Crippen molar-refractivity contribution in [1.82, 2.24) is 9.13 Å². The summed E-state index contributed by atoms with van der Waals surface area (Å²) in [6.07, 6.45) is 4.65. The summed E-state index contributed by atoms with van der Waals surface area (Å²) in [5.74, 6) is 0. The van der Waals surface area contributed by atoms with Crippen LogP contribution >= 0.6 is 0 Å². The molecule has 0 radical (unpaired) electrons. The van der Waals surface area contributed by atoms with E-state index in [0.29, 0.717) is 0 Å². The first kappa shape index (κ1) is 74.1. The van der Waals surface area contributed by atoms with Crippen LogP contribution in [-0.4, -0.2) is 15.8 Å². The summed E-state index contributed by atoms with van der Waals surface area (Å²) < 4.78 is 5.13. The van der Waals surface area contributed by atoms with E-state index in [-0.39, 0.29) is 33.8 Å². The molecule has 2 aromatic heterocycles. The monoisotopic (exact) mass is 1560 g/mol. The van der Waals surface area contributed by atoms with Crippen LogP contribution in [0.25, 0.3) is 133 Å². The second-order valence-electron chi connectivity index (χ2n) is 38.5. The molecule has 0 saturated carbocycles. The highest BCUT2D eigenvalue weighted by Gasteiger charge is 2.46. The van der Waals surface area contributed by atoms with Crippen LogP contribution in [0.2, 0.25) is 0 Å². The quantitative estimate of drug-likeness (QED) is 0.120. The van der Waals surface area contributed by atoms with E-state index in [4.69, 9.17) is 0 Å². The van der Waals surface area contributed by atoms with Gasteiger partial charge in [0, 0.05) is 61.4 Å². The van der Waals surface area contributed by atoms with E-state index in [1.54, 1.807) is 0 Å². The van der Waals surface area contributed by atoms with Crippen molar-refractivity contribution in [2.75, 3.05) is 9.80 Å². The van der Waals surface area contributed by atoms with E-state index in [1.165, 1.54) is 156 Å². The van der Waals surface area contributed by atoms with Gasteiger partial charge >= 0.3 is 0 Å². The Morgan fingerprint density at radius 1 is 0.240 bits per heavy atom. The number of aromatic nitrogens is 2. The van der Waals surface area contributed by atoms with Gasteiger partial charge in [-0.3, -0.25) is 0 Å².